The second-order valence-electron chi connectivity index (χ2n) is 4.82. The van der Waals surface area contributed by atoms with Gasteiger partial charge >= 0.3 is 6.03 Å². The number of nitrogens with zero attached hydrogens (tertiary/aromatic N) is 1. The summed E-state index contributed by atoms with van der Waals surface area (Å²) >= 11 is 3.35. The third-order valence-electron chi connectivity index (χ3n) is 2.88. The number of urea groups is 1. The molecular weight excluding hydrogens is 324 g/mol. The molecule has 5 nitrogen and oxygen atoms in total. The Morgan fingerprint density at radius 2 is 1.95 bits per heavy atom. The summed E-state index contributed by atoms with van der Waals surface area (Å²) in [5.41, 5.74) is 0.982. The summed E-state index contributed by atoms with van der Waals surface area (Å²) < 4.78 is 0.984. The second kappa shape index (κ2) is 8.24. The zero-order chi connectivity index (χ0) is 15.1. The van der Waals surface area contributed by atoms with Crippen molar-refractivity contribution in [2.75, 3.05) is 13.2 Å². The largest absolute Gasteiger partial charge is 0.394 e. The average molecular weight is 345 g/mol. The molecule has 112 valence electrons. The predicted octanol–water partition coefficient (Wildman–Crippen LogP) is 1.72. The van der Waals surface area contributed by atoms with Gasteiger partial charge in [0.25, 0.3) is 0 Å². The number of carbonyl (C=O) groups is 1. The molecule has 3 N–H and O–H groups in total. The summed E-state index contributed by atoms with van der Waals surface area (Å²) in [6.07, 6.45) is -0.637. The van der Waals surface area contributed by atoms with Crippen LogP contribution in [0.15, 0.2) is 28.7 Å². The molecule has 1 aromatic carbocycles. The zero-order valence-corrected chi connectivity index (χ0v) is 13.3. The molecule has 20 heavy (non-hydrogen) atoms. The topological polar surface area (TPSA) is 72.8 Å². The quantitative estimate of drug-likeness (QED) is 0.735. The van der Waals surface area contributed by atoms with Crippen LogP contribution >= 0.6 is 15.9 Å². The predicted molar refractivity (Wildman–Crippen MR) is 81.3 cm³/mol. The first-order chi connectivity index (χ1) is 9.43. The summed E-state index contributed by atoms with van der Waals surface area (Å²) in [6.45, 7) is 3.80. The first-order valence-electron chi connectivity index (χ1n) is 6.52. The Morgan fingerprint density at radius 1 is 1.35 bits per heavy atom. The highest BCUT2D eigenvalue weighted by Crippen LogP contribution is 2.10. The third kappa shape index (κ3) is 5.48. The molecule has 0 radical (unpaired) electrons. The SMILES string of the molecule is C[C@@H](O)CN(C(=O)NCc1ccc(Br)cc1)[C@@H](C)CO. The molecule has 0 aliphatic rings. The molecule has 0 spiro atoms. The first-order valence-corrected chi connectivity index (χ1v) is 7.31. The number of hydrogen-bond acceptors (Lipinski definition) is 3. The Labute approximate surface area is 127 Å². The van der Waals surface area contributed by atoms with Gasteiger partial charge in [-0.05, 0) is 31.5 Å². The highest BCUT2D eigenvalue weighted by molar-refractivity contribution is 9.10. The Balaban J connectivity index is 2.59. The highest BCUT2D eigenvalue weighted by Gasteiger charge is 2.20. The van der Waals surface area contributed by atoms with Crippen molar-refractivity contribution in [1.82, 2.24) is 10.2 Å². The monoisotopic (exact) mass is 344 g/mol. The second-order valence-corrected chi connectivity index (χ2v) is 5.73. The van der Waals surface area contributed by atoms with E-state index in [4.69, 9.17) is 0 Å². The van der Waals surface area contributed by atoms with Crippen LogP contribution in [0.4, 0.5) is 4.79 Å². The molecule has 0 aliphatic heterocycles. The van der Waals surface area contributed by atoms with E-state index >= 15 is 0 Å². The van der Waals surface area contributed by atoms with Gasteiger partial charge in [-0.15, -0.1) is 0 Å². The van der Waals surface area contributed by atoms with Crippen molar-refractivity contribution in [3.05, 3.63) is 34.3 Å². The Bertz CT molecular complexity index is 423. The average Bonchev–Trinajstić information content (AvgIpc) is 2.42. The van der Waals surface area contributed by atoms with Crippen LogP contribution in [0, 0.1) is 0 Å². The Hall–Kier alpha value is -1.11. The molecule has 0 aromatic heterocycles. The van der Waals surface area contributed by atoms with Crippen LogP contribution in [-0.2, 0) is 6.54 Å². The van der Waals surface area contributed by atoms with E-state index in [-0.39, 0.29) is 25.2 Å². The fourth-order valence-corrected chi connectivity index (χ4v) is 1.99. The van der Waals surface area contributed by atoms with Crippen LogP contribution < -0.4 is 5.32 Å². The smallest absolute Gasteiger partial charge is 0.318 e. The van der Waals surface area contributed by atoms with Gasteiger partial charge in [-0.3, -0.25) is 0 Å². The fourth-order valence-electron chi connectivity index (χ4n) is 1.73. The van der Waals surface area contributed by atoms with Crippen LogP contribution in [-0.4, -0.2) is 46.4 Å². The molecule has 1 rings (SSSR count). The van der Waals surface area contributed by atoms with Crippen molar-refractivity contribution in [2.45, 2.75) is 32.5 Å². The lowest BCUT2D eigenvalue weighted by molar-refractivity contribution is 0.0936. The molecule has 1 aromatic rings. The van der Waals surface area contributed by atoms with E-state index in [1.807, 2.05) is 24.3 Å². The minimum atomic E-state index is -0.637. The van der Waals surface area contributed by atoms with E-state index in [0.717, 1.165) is 10.0 Å². The number of hydrogen-bond donors (Lipinski definition) is 3. The first kappa shape index (κ1) is 16.9. The van der Waals surface area contributed by atoms with Gasteiger partial charge in [-0.1, -0.05) is 28.1 Å². The van der Waals surface area contributed by atoms with Crippen LogP contribution in [0.5, 0.6) is 0 Å². The lowest BCUT2D eigenvalue weighted by Crippen LogP contribution is -2.49. The number of halogens is 1. The summed E-state index contributed by atoms with van der Waals surface area (Å²) in [7, 11) is 0. The van der Waals surface area contributed by atoms with Gasteiger partial charge in [0.1, 0.15) is 0 Å². The molecule has 0 saturated heterocycles. The molecule has 0 bridgehead atoms. The highest BCUT2D eigenvalue weighted by atomic mass is 79.9. The van der Waals surface area contributed by atoms with E-state index in [0.29, 0.717) is 6.54 Å². The van der Waals surface area contributed by atoms with E-state index in [1.165, 1.54) is 4.90 Å². The summed E-state index contributed by atoms with van der Waals surface area (Å²) in [5.74, 6) is 0. The van der Waals surface area contributed by atoms with Crippen molar-refractivity contribution in [2.24, 2.45) is 0 Å². The number of nitrogens with one attached hydrogen (secondary N) is 1. The summed E-state index contributed by atoms with van der Waals surface area (Å²) in [6, 6.07) is 7.01. The maximum absolute atomic E-state index is 12.1. The minimum Gasteiger partial charge on any atom is -0.394 e. The van der Waals surface area contributed by atoms with E-state index in [1.54, 1.807) is 13.8 Å². The molecule has 0 aliphatic carbocycles. The van der Waals surface area contributed by atoms with E-state index < -0.39 is 6.10 Å². The van der Waals surface area contributed by atoms with E-state index in [9.17, 15) is 15.0 Å². The minimum absolute atomic E-state index is 0.140. The fraction of sp³-hybridized carbons (Fsp3) is 0.500. The van der Waals surface area contributed by atoms with Crippen LogP contribution in [0.25, 0.3) is 0 Å². The number of carbonyl (C=O) groups excluding carboxylic acids is 1. The molecule has 0 fully saturated rings. The van der Waals surface area contributed by atoms with Gasteiger partial charge in [-0.25, -0.2) is 4.79 Å². The van der Waals surface area contributed by atoms with Crippen LogP contribution in [0.3, 0.4) is 0 Å². The molecule has 2 atom stereocenters. The van der Waals surface area contributed by atoms with Gasteiger partial charge in [-0.2, -0.15) is 0 Å². The van der Waals surface area contributed by atoms with Gasteiger partial charge in [0.05, 0.1) is 18.8 Å². The lowest BCUT2D eigenvalue weighted by atomic mass is 10.2. The van der Waals surface area contributed by atoms with Crippen molar-refractivity contribution in [3.8, 4) is 0 Å². The van der Waals surface area contributed by atoms with Gasteiger partial charge < -0.3 is 20.4 Å². The normalized spacial score (nSPS) is 13.7. The van der Waals surface area contributed by atoms with Crippen LogP contribution in [0.2, 0.25) is 0 Å². The molecule has 0 unspecified atom stereocenters. The molecule has 2 amide bonds. The number of aliphatic hydroxyl groups is 2. The van der Waals surface area contributed by atoms with Crippen molar-refractivity contribution in [3.63, 3.8) is 0 Å². The summed E-state index contributed by atoms with van der Waals surface area (Å²) in [4.78, 5) is 13.5. The van der Waals surface area contributed by atoms with Gasteiger partial charge in [0, 0.05) is 17.6 Å². The molecule has 0 heterocycles. The Kier molecular flexibility index (Phi) is 6.98. The van der Waals surface area contributed by atoms with Crippen LogP contribution in [0.1, 0.15) is 19.4 Å². The summed E-state index contributed by atoms with van der Waals surface area (Å²) in [5, 5.41) is 21.4. The number of benzene rings is 1. The molecular formula is C14H21BrN2O3. The zero-order valence-electron chi connectivity index (χ0n) is 11.7. The third-order valence-corrected chi connectivity index (χ3v) is 3.40. The number of rotatable bonds is 6. The molecule has 6 heteroatoms. The van der Waals surface area contributed by atoms with Gasteiger partial charge in [0.2, 0.25) is 0 Å². The molecule has 0 saturated carbocycles. The Morgan fingerprint density at radius 3 is 2.45 bits per heavy atom. The van der Waals surface area contributed by atoms with Crippen molar-refractivity contribution >= 4 is 22.0 Å². The van der Waals surface area contributed by atoms with Crippen molar-refractivity contribution in [1.29, 1.82) is 0 Å². The number of amides is 2. The maximum Gasteiger partial charge on any atom is 0.318 e. The van der Waals surface area contributed by atoms with E-state index in [2.05, 4.69) is 21.2 Å². The standard InChI is InChI=1S/C14H21BrN2O3/c1-10(9-18)17(8-11(2)19)14(20)16-7-12-3-5-13(15)6-4-12/h3-6,10-11,18-19H,7-9H2,1-2H3,(H,16,20)/t10-,11+/m0/s1. The van der Waals surface area contributed by atoms with Crippen molar-refractivity contribution < 1.29 is 15.0 Å². The number of aliphatic hydroxyl groups excluding tert-OH is 2. The lowest BCUT2D eigenvalue weighted by Gasteiger charge is -2.29. The van der Waals surface area contributed by atoms with Gasteiger partial charge in [0.15, 0.2) is 0 Å². The maximum atomic E-state index is 12.1.